The van der Waals surface area contributed by atoms with Gasteiger partial charge in [0.2, 0.25) is 0 Å². The lowest BCUT2D eigenvalue weighted by Crippen LogP contribution is -2.60. The molecule has 3 nitrogen and oxygen atoms in total. The summed E-state index contributed by atoms with van der Waals surface area (Å²) in [6.45, 7) is 2.74. The van der Waals surface area contributed by atoms with Crippen molar-refractivity contribution in [2.75, 3.05) is 19.7 Å². The SMILES string of the molecule is NC[C@H]1NCCC[C@]12CCCCO2. The summed E-state index contributed by atoms with van der Waals surface area (Å²) in [7, 11) is 0. The Balaban J connectivity index is 2.06. The summed E-state index contributed by atoms with van der Waals surface area (Å²) in [5.41, 5.74) is 5.85. The summed E-state index contributed by atoms with van der Waals surface area (Å²) < 4.78 is 5.97. The normalized spacial score (nSPS) is 40.8. The van der Waals surface area contributed by atoms with Crippen molar-refractivity contribution in [2.24, 2.45) is 5.73 Å². The average molecular weight is 184 g/mol. The zero-order valence-electron chi connectivity index (χ0n) is 8.22. The van der Waals surface area contributed by atoms with Gasteiger partial charge >= 0.3 is 0 Å². The zero-order chi connectivity index (χ0) is 9.15. The minimum absolute atomic E-state index is 0.0885. The molecule has 0 saturated carbocycles. The van der Waals surface area contributed by atoms with Crippen LogP contribution >= 0.6 is 0 Å². The fraction of sp³-hybridized carbons (Fsp3) is 1.00. The molecule has 0 aromatic rings. The van der Waals surface area contributed by atoms with Crippen molar-refractivity contribution in [3.63, 3.8) is 0 Å². The van der Waals surface area contributed by atoms with E-state index >= 15 is 0 Å². The lowest BCUT2D eigenvalue weighted by molar-refractivity contribution is -0.115. The van der Waals surface area contributed by atoms with Gasteiger partial charge in [-0.1, -0.05) is 0 Å². The Morgan fingerprint density at radius 1 is 1.31 bits per heavy atom. The van der Waals surface area contributed by atoms with E-state index in [1.165, 1.54) is 32.1 Å². The second-order valence-electron chi connectivity index (χ2n) is 4.22. The monoisotopic (exact) mass is 184 g/mol. The minimum Gasteiger partial charge on any atom is -0.373 e. The standard InChI is InChI=1S/C10H20N2O/c11-8-9-10(5-3-6-12-9)4-1-2-7-13-10/h9,12H,1-8,11H2/t9-,10-/m1/s1. The molecule has 3 N–H and O–H groups in total. The highest BCUT2D eigenvalue weighted by atomic mass is 16.5. The van der Waals surface area contributed by atoms with Crippen LogP contribution in [0.4, 0.5) is 0 Å². The molecule has 13 heavy (non-hydrogen) atoms. The molecule has 3 heteroatoms. The summed E-state index contributed by atoms with van der Waals surface area (Å²) in [4.78, 5) is 0. The van der Waals surface area contributed by atoms with Crippen LogP contribution in [0.5, 0.6) is 0 Å². The highest BCUT2D eigenvalue weighted by Crippen LogP contribution is 2.34. The molecular weight excluding hydrogens is 164 g/mol. The summed E-state index contributed by atoms with van der Waals surface area (Å²) in [6.07, 6.45) is 6.15. The second kappa shape index (κ2) is 3.95. The Labute approximate surface area is 80.0 Å². The highest BCUT2D eigenvalue weighted by Gasteiger charge is 2.41. The van der Waals surface area contributed by atoms with E-state index in [1.54, 1.807) is 0 Å². The van der Waals surface area contributed by atoms with Gasteiger partial charge in [0.1, 0.15) is 0 Å². The number of nitrogens with one attached hydrogen (secondary N) is 1. The van der Waals surface area contributed by atoms with Crippen LogP contribution in [0.25, 0.3) is 0 Å². The molecule has 2 aliphatic heterocycles. The molecule has 0 aliphatic carbocycles. The van der Waals surface area contributed by atoms with Crippen molar-refractivity contribution in [1.82, 2.24) is 5.32 Å². The molecule has 0 radical (unpaired) electrons. The number of rotatable bonds is 1. The molecule has 2 heterocycles. The molecular formula is C10H20N2O. The predicted molar refractivity (Wildman–Crippen MR) is 52.6 cm³/mol. The Kier molecular flexibility index (Phi) is 2.86. The number of nitrogens with two attached hydrogens (primary N) is 1. The fourth-order valence-corrected chi connectivity index (χ4v) is 2.67. The summed E-state index contributed by atoms with van der Waals surface area (Å²) in [5.74, 6) is 0. The van der Waals surface area contributed by atoms with Gasteiger partial charge in [0.05, 0.1) is 5.60 Å². The Bertz CT molecular complexity index is 158. The van der Waals surface area contributed by atoms with Crippen molar-refractivity contribution < 1.29 is 4.74 Å². The maximum atomic E-state index is 5.97. The molecule has 0 unspecified atom stereocenters. The first-order valence-corrected chi connectivity index (χ1v) is 5.45. The van der Waals surface area contributed by atoms with Gasteiger partial charge in [-0.2, -0.15) is 0 Å². The molecule has 0 aromatic heterocycles. The van der Waals surface area contributed by atoms with Crippen LogP contribution < -0.4 is 11.1 Å². The van der Waals surface area contributed by atoms with E-state index in [4.69, 9.17) is 10.5 Å². The van der Waals surface area contributed by atoms with Gasteiger partial charge in [-0.25, -0.2) is 0 Å². The third kappa shape index (κ3) is 1.73. The molecule has 2 atom stereocenters. The lowest BCUT2D eigenvalue weighted by atomic mass is 9.80. The van der Waals surface area contributed by atoms with Gasteiger partial charge in [-0.05, 0) is 38.6 Å². The largest absolute Gasteiger partial charge is 0.373 e. The van der Waals surface area contributed by atoms with Gasteiger partial charge < -0.3 is 15.8 Å². The zero-order valence-corrected chi connectivity index (χ0v) is 8.22. The molecule has 2 saturated heterocycles. The van der Waals surface area contributed by atoms with Crippen molar-refractivity contribution >= 4 is 0 Å². The quantitative estimate of drug-likeness (QED) is 0.628. The van der Waals surface area contributed by atoms with Crippen molar-refractivity contribution in [2.45, 2.75) is 43.7 Å². The van der Waals surface area contributed by atoms with Crippen LogP contribution in [-0.2, 0) is 4.74 Å². The smallest absolute Gasteiger partial charge is 0.0847 e. The Morgan fingerprint density at radius 3 is 2.85 bits per heavy atom. The maximum Gasteiger partial charge on any atom is 0.0847 e. The van der Waals surface area contributed by atoms with Gasteiger partial charge in [0, 0.05) is 19.2 Å². The van der Waals surface area contributed by atoms with E-state index in [1.807, 2.05) is 0 Å². The summed E-state index contributed by atoms with van der Waals surface area (Å²) >= 11 is 0. The molecule has 1 spiro atoms. The van der Waals surface area contributed by atoms with E-state index in [0.717, 1.165) is 13.2 Å². The molecule has 0 aromatic carbocycles. The average Bonchev–Trinajstić information content (AvgIpc) is 2.20. The van der Waals surface area contributed by atoms with Crippen molar-refractivity contribution in [1.29, 1.82) is 0 Å². The van der Waals surface area contributed by atoms with Crippen molar-refractivity contribution in [3.05, 3.63) is 0 Å². The number of ether oxygens (including phenoxy) is 1. The van der Waals surface area contributed by atoms with Crippen LogP contribution in [0.1, 0.15) is 32.1 Å². The van der Waals surface area contributed by atoms with Crippen LogP contribution in [-0.4, -0.2) is 31.3 Å². The Morgan fingerprint density at radius 2 is 2.15 bits per heavy atom. The predicted octanol–water partition coefficient (Wildman–Crippen LogP) is 0.636. The van der Waals surface area contributed by atoms with Gasteiger partial charge in [-0.3, -0.25) is 0 Å². The van der Waals surface area contributed by atoms with Crippen LogP contribution in [0.15, 0.2) is 0 Å². The molecule has 0 amide bonds. The topological polar surface area (TPSA) is 47.3 Å². The molecule has 2 fully saturated rings. The maximum absolute atomic E-state index is 5.97. The van der Waals surface area contributed by atoms with E-state index in [2.05, 4.69) is 5.32 Å². The second-order valence-corrected chi connectivity index (χ2v) is 4.22. The van der Waals surface area contributed by atoms with E-state index in [9.17, 15) is 0 Å². The summed E-state index contributed by atoms with van der Waals surface area (Å²) in [5, 5.41) is 3.48. The molecule has 2 rings (SSSR count). The molecule has 0 bridgehead atoms. The number of hydrogen-bond acceptors (Lipinski definition) is 3. The van der Waals surface area contributed by atoms with E-state index < -0.39 is 0 Å². The molecule has 76 valence electrons. The first kappa shape index (κ1) is 9.44. The number of hydrogen-bond donors (Lipinski definition) is 2. The van der Waals surface area contributed by atoms with Gasteiger partial charge in [0.25, 0.3) is 0 Å². The van der Waals surface area contributed by atoms with E-state index in [0.29, 0.717) is 12.6 Å². The van der Waals surface area contributed by atoms with E-state index in [-0.39, 0.29) is 5.60 Å². The van der Waals surface area contributed by atoms with Crippen LogP contribution in [0.3, 0.4) is 0 Å². The summed E-state index contributed by atoms with van der Waals surface area (Å²) in [6, 6.07) is 0.390. The fourth-order valence-electron chi connectivity index (χ4n) is 2.67. The first-order valence-electron chi connectivity index (χ1n) is 5.45. The first-order chi connectivity index (χ1) is 6.37. The Hall–Kier alpha value is -0.120. The van der Waals surface area contributed by atoms with Gasteiger partial charge in [0.15, 0.2) is 0 Å². The third-order valence-corrected chi connectivity index (χ3v) is 3.42. The lowest BCUT2D eigenvalue weighted by Gasteiger charge is -2.46. The molecule has 2 aliphatic rings. The third-order valence-electron chi connectivity index (χ3n) is 3.42. The van der Waals surface area contributed by atoms with Crippen LogP contribution in [0.2, 0.25) is 0 Å². The van der Waals surface area contributed by atoms with Crippen molar-refractivity contribution in [3.8, 4) is 0 Å². The van der Waals surface area contributed by atoms with Gasteiger partial charge in [-0.15, -0.1) is 0 Å². The minimum atomic E-state index is 0.0885. The number of piperidine rings is 1. The van der Waals surface area contributed by atoms with Crippen LogP contribution in [0, 0.1) is 0 Å². The highest BCUT2D eigenvalue weighted by molar-refractivity contribution is 4.98.